The van der Waals surface area contributed by atoms with Gasteiger partial charge in [-0.15, -0.1) is 0 Å². The molecule has 0 saturated carbocycles. The molecule has 0 radical (unpaired) electrons. The van der Waals surface area contributed by atoms with Crippen molar-refractivity contribution in [1.29, 1.82) is 0 Å². The number of nitrogens with one attached hydrogen (secondary N) is 1. The zero-order chi connectivity index (χ0) is 10.0. The molecule has 1 heterocycles. The van der Waals surface area contributed by atoms with Crippen LogP contribution in [0.4, 0.5) is 4.79 Å². The molecule has 1 rings (SSSR count). The van der Waals surface area contributed by atoms with Crippen LogP contribution in [-0.4, -0.2) is 34.7 Å². The highest BCUT2D eigenvalue weighted by atomic mass is 16.3. The van der Waals surface area contributed by atoms with E-state index in [4.69, 9.17) is 5.11 Å². The molecule has 3 amide bonds. The fourth-order valence-electron chi connectivity index (χ4n) is 1.21. The van der Waals surface area contributed by atoms with Crippen molar-refractivity contribution in [2.45, 2.75) is 26.5 Å². The van der Waals surface area contributed by atoms with Gasteiger partial charge < -0.3 is 10.4 Å². The molecule has 0 aromatic rings. The number of rotatable bonds is 2. The van der Waals surface area contributed by atoms with Crippen molar-refractivity contribution in [1.82, 2.24) is 10.2 Å². The first-order chi connectivity index (χ1) is 6.00. The first kappa shape index (κ1) is 9.98. The zero-order valence-corrected chi connectivity index (χ0v) is 7.78. The van der Waals surface area contributed by atoms with Gasteiger partial charge in [0, 0.05) is 6.54 Å². The lowest BCUT2D eigenvalue weighted by molar-refractivity contribution is -0.133. The van der Waals surface area contributed by atoms with E-state index in [1.165, 1.54) is 0 Å². The van der Waals surface area contributed by atoms with E-state index in [-0.39, 0.29) is 18.2 Å². The third-order valence-electron chi connectivity index (χ3n) is 1.75. The van der Waals surface area contributed by atoms with Crippen LogP contribution in [0.2, 0.25) is 0 Å². The van der Waals surface area contributed by atoms with Crippen molar-refractivity contribution in [2.75, 3.05) is 6.54 Å². The third-order valence-corrected chi connectivity index (χ3v) is 1.75. The molecule has 1 aliphatic rings. The number of nitrogens with zero attached hydrogens (tertiary/aromatic N) is 1. The molecule has 1 aliphatic heterocycles. The average molecular weight is 186 g/mol. The summed E-state index contributed by atoms with van der Waals surface area (Å²) >= 11 is 0. The summed E-state index contributed by atoms with van der Waals surface area (Å²) in [4.78, 5) is 23.6. The van der Waals surface area contributed by atoms with Crippen LogP contribution in [0.3, 0.4) is 0 Å². The predicted molar refractivity (Wildman–Crippen MR) is 45.7 cm³/mol. The molecule has 1 atom stereocenters. The van der Waals surface area contributed by atoms with Gasteiger partial charge in [0.15, 0.2) is 0 Å². The van der Waals surface area contributed by atoms with E-state index >= 15 is 0 Å². The molecule has 1 unspecified atom stereocenters. The van der Waals surface area contributed by atoms with E-state index in [1.807, 2.05) is 13.8 Å². The molecule has 1 saturated heterocycles. The summed E-state index contributed by atoms with van der Waals surface area (Å²) in [6.07, 6.45) is -1.05. The number of imide groups is 1. The van der Waals surface area contributed by atoms with Crippen molar-refractivity contribution in [3.05, 3.63) is 0 Å². The lowest BCUT2D eigenvalue weighted by Crippen LogP contribution is -2.55. The minimum absolute atomic E-state index is 0.0293. The van der Waals surface area contributed by atoms with Gasteiger partial charge in [-0.3, -0.25) is 9.69 Å². The molecular formula is C8H14N2O3. The van der Waals surface area contributed by atoms with Crippen LogP contribution in [0.15, 0.2) is 0 Å². The number of hydrogen-bond donors (Lipinski definition) is 2. The smallest absolute Gasteiger partial charge is 0.326 e. The van der Waals surface area contributed by atoms with Crippen molar-refractivity contribution in [3.63, 3.8) is 0 Å². The number of carbonyl (C=O) groups excluding carboxylic acids is 2. The molecule has 5 nitrogen and oxygen atoms in total. The monoisotopic (exact) mass is 186 g/mol. The quantitative estimate of drug-likeness (QED) is 0.632. The van der Waals surface area contributed by atoms with Crippen LogP contribution < -0.4 is 5.32 Å². The largest absolute Gasteiger partial charge is 0.373 e. The van der Waals surface area contributed by atoms with Crippen molar-refractivity contribution < 1.29 is 14.7 Å². The second-order valence-corrected chi connectivity index (χ2v) is 3.57. The lowest BCUT2D eigenvalue weighted by atomic mass is 10.2. The van der Waals surface area contributed by atoms with Crippen molar-refractivity contribution in [2.24, 2.45) is 5.92 Å². The number of amides is 3. The van der Waals surface area contributed by atoms with Crippen LogP contribution in [0.1, 0.15) is 20.3 Å². The molecular weight excluding hydrogens is 172 g/mol. The summed E-state index contributed by atoms with van der Waals surface area (Å²) in [6, 6.07) is -0.502. The molecule has 0 bridgehead atoms. The van der Waals surface area contributed by atoms with E-state index in [0.717, 1.165) is 4.90 Å². The average Bonchev–Trinajstić information content (AvgIpc) is 1.96. The van der Waals surface area contributed by atoms with Crippen molar-refractivity contribution >= 4 is 11.9 Å². The van der Waals surface area contributed by atoms with Gasteiger partial charge in [-0.25, -0.2) is 4.79 Å². The number of carbonyl (C=O) groups is 2. The molecule has 2 N–H and O–H groups in total. The SMILES string of the molecule is CC(C)CN1C(=O)CC(O)NC1=O. The number of urea groups is 1. The summed E-state index contributed by atoms with van der Waals surface area (Å²) in [5.41, 5.74) is 0. The summed E-state index contributed by atoms with van der Waals surface area (Å²) in [5, 5.41) is 11.3. The van der Waals surface area contributed by atoms with Crippen LogP contribution >= 0.6 is 0 Å². The Morgan fingerprint density at radius 1 is 1.62 bits per heavy atom. The molecule has 13 heavy (non-hydrogen) atoms. The van der Waals surface area contributed by atoms with Gasteiger partial charge in [0.25, 0.3) is 0 Å². The van der Waals surface area contributed by atoms with E-state index in [9.17, 15) is 9.59 Å². The van der Waals surface area contributed by atoms with Gasteiger partial charge in [-0.1, -0.05) is 13.8 Å². The lowest BCUT2D eigenvalue weighted by Gasteiger charge is -2.29. The first-order valence-electron chi connectivity index (χ1n) is 4.29. The first-order valence-corrected chi connectivity index (χ1v) is 4.29. The van der Waals surface area contributed by atoms with Crippen LogP contribution in [0.25, 0.3) is 0 Å². The summed E-state index contributed by atoms with van der Waals surface area (Å²) < 4.78 is 0. The molecule has 5 heteroatoms. The minimum atomic E-state index is -1.02. The van der Waals surface area contributed by atoms with E-state index in [1.54, 1.807) is 0 Å². The van der Waals surface area contributed by atoms with E-state index in [0.29, 0.717) is 6.54 Å². The summed E-state index contributed by atoms with van der Waals surface area (Å²) in [6.45, 7) is 4.24. The summed E-state index contributed by atoms with van der Waals surface area (Å²) in [5.74, 6) is -0.0742. The standard InChI is InChI=1S/C8H14N2O3/c1-5(2)4-10-7(12)3-6(11)9-8(10)13/h5-6,11H,3-4H2,1-2H3,(H,9,13). The predicted octanol–water partition coefficient (Wildman–Crippen LogP) is -0.0973. The Morgan fingerprint density at radius 3 is 2.69 bits per heavy atom. The Balaban J connectivity index is 2.62. The Bertz CT molecular complexity index is 209. The zero-order valence-electron chi connectivity index (χ0n) is 7.78. The van der Waals surface area contributed by atoms with Gasteiger partial charge in [0.1, 0.15) is 6.23 Å². The highest BCUT2D eigenvalue weighted by Crippen LogP contribution is 2.08. The van der Waals surface area contributed by atoms with Crippen LogP contribution in [0, 0.1) is 5.92 Å². The maximum atomic E-state index is 11.3. The van der Waals surface area contributed by atoms with Crippen LogP contribution in [0.5, 0.6) is 0 Å². The Labute approximate surface area is 76.7 Å². The Kier molecular flexibility index (Phi) is 2.87. The highest BCUT2D eigenvalue weighted by molar-refractivity contribution is 5.97. The van der Waals surface area contributed by atoms with E-state index in [2.05, 4.69) is 5.32 Å². The summed E-state index contributed by atoms with van der Waals surface area (Å²) in [7, 11) is 0. The maximum absolute atomic E-state index is 11.3. The maximum Gasteiger partial charge on any atom is 0.326 e. The van der Waals surface area contributed by atoms with Gasteiger partial charge >= 0.3 is 6.03 Å². The fraction of sp³-hybridized carbons (Fsp3) is 0.750. The number of aliphatic hydroxyl groups excluding tert-OH is 1. The van der Waals surface area contributed by atoms with Gasteiger partial charge in [0.2, 0.25) is 5.91 Å². The highest BCUT2D eigenvalue weighted by Gasteiger charge is 2.30. The molecule has 0 spiro atoms. The Morgan fingerprint density at radius 2 is 2.23 bits per heavy atom. The van der Waals surface area contributed by atoms with Gasteiger partial charge in [-0.05, 0) is 5.92 Å². The number of aliphatic hydroxyl groups is 1. The normalized spacial score (nSPS) is 23.7. The molecule has 0 aromatic carbocycles. The molecule has 1 fully saturated rings. The second kappa shape index (κ2) is 3.74. The molecule has 0 aromatic heterocycles. The molecule has 74 valence electrons. The minimum Gasteiger partial charge on any atom is -0.373 e. The van der Waals surface area contributed by atoms with Crippen LogP contribution in [-0.2, 0) is 4.79 Å². The van der Waals surface area contributed by atoms with Gasteiger partial charge in [0.05, 0.1) is 6.42 Å². The van der Waals surface area contributed by atoms with Crippen molar-refractivity contribution in [3.8, 4) is 0 Å². The van der Waals surface area contributed by atoms with E-state index < -0.39 is 12.3 Å². The third kappa shape index (κ3) is 2.42. The fourth-order valence-corrected chi connectivity index (χ4v) is 1.21. The second-order valence-electron chi connectivity index (χ2n) is 3.57. The molecule has 0 aliphatic carbocycles. The Hall–Kier alpha value is -1.10. The number of hydrogen-bond acceptors (Lipinski definition) is 3. The van der Waals surface area contributed by atoms with Gasteiger partial charge in [-0.2, -0.15) is 0 Å². The topological polar surface area (TPSA) is 69.6 Å².